The third kappa shape index (κ3) is 5.58. The molecule has 190 valence electrons. The van der Waals surface area contributed by atoms with Crippen LogP contribution < -0.4 is 15.4 Å². The minimum Gasteiger partial charge on any atom is -0.481 e. The number of fused-ring (bicyclic) bond motifs is 1. The van der Waals surface area contributed by atoms with E-state index in [1.54, 1.807) is 29.8 Å². The Balaban J connectivity index is 1.43. The molecule has 1 aliphatic carbocycles. The largest absolute Gasteiger partial charge is 0.481 e. The van der Waals surface area contributed by atoms with Crippen molar-refractivity contribution in [2.24, 2.45) is 13.0 Å². The number of aliphatic carboxylic acids is 1. The number of hydrogen-bond acceptors (Lipinski definition) is 5. The number of halogens is 2. The molecule has 1 aliphatic rings. The number of nitrogens with zero attached hydrogens (tertiary/aromatic N) is 1. The van der Waals surface area contributed by atoms with Gasteiger partial charge in [0.15, 0.2) is 0 Å². The molecule has 3 amide bonds. The highest BCUT2D eigenvalue weighted by Crippen LogP contribution is 2.34. The fourth-order valence-electron chi connectivity index (χ4n) is 3.88. The summed E-state index contributed by atoms with van der Waals surface area (Å²) in [5.41, 5.74) is 1.36. The second-order valence-electron chi connectivity index (χ2n) is 8.48. The first-order chi connectivity index (χ1) is 17.0. The zero-order chi connectivity index (χ0) is 26.2. The zero-order valence-electron chi connectivity index (χ0n) is 18.9. The molecule has 3 aromatic rings. The predicted molar refractivity (Wildman–Crippen MR) is 135 cm³/mol. The third-order valence-corrected chi connectivity index (χ3v) is 8.06. The molecule has 1 atom stereocenters. The molecule has 0 spiro atoms. The lowest BCUT2D eigenvalue weighted by Crippen LogP contribution is -2.46. The van der Waals surface area contributed by atoms with E-state index in [4.69, 9.17) is 28.3 Å². The Kier molecular flexibility index (Phi) is 7.17. The number of carboxylic acid groups (broad SMARTS) is 1. The van der Waals surface area contributed by atoms with Crippen LogP contribution in [0.1, 0.15) is 29.8 Å². The maximum absolute atomic E-state index is 12.8. The third-order valence-electron chi connectivity index (χ3n) is 5.90. The molecule has 13 heteroatoms. The summed E-state index contributed by atoms with van der Waals surface area (Å²) < 4.78 is 28.7. The van der Waals surface area contributed by atoms with Crippen molar-refractivity contribution in [3.05, 3.63) is 58.2 Å². The van der Waals surface area contributed by atoms with Gasteiger partial charge in [-0.05, 0) is 61.2 Å². The van der Waals surface area contributed by atoms with Crippen molar-refractivity contribution in [1.82, 2.24) is 14.6 Å². The van der Waals surface area contributed by atoms with Crippen LogP contribution in [0.3, 0.4) is 0 Å². The van der Waals surface area contributed by atoms with Gasteiger partial charge in [-0.25, -0.2) is 17.9 Å². The van der Waals surface area contributed by atoms with E-state index >= 15 is 0 Å². The van der Waals surface area contributed by atoms with Gasteiger partial charge >= 0.3 is 12.0 Å². The summed E-state index contributed by atoms with van der Waals surface area (Å²) in [4.78, 5) is 35.8. The Morgan fingerprint density at radius 3 is 2.39 bits per heavy atom. The standard InChI is InChI=1S/C23H22Cl2N4O6S/c1-29-18-9-8-16(24)21(25)15(18)10-19(29)22(32)26-13-4-6-14(7-5-13)36(34,35)28-23(33)27-17(11-20(30)31)12-2-3-12/h4-10,12,17H,2-3,11H2,1H3,(H,26,32)(H,30,31)(H2,27,28,33). The summed E-state index contributed by atoms with van der Waals surface area (Å²) in [5.74, 6) is -1.51. The number of carbonyl (C=O) groups is 3. The zero-order valence-corrected chi connectivity index (χ0v) is 21.2. The number of aryl methyl sites for hydroxylation is 1. The Hall–Kier alpha value is -3.28. The average molecular weight is 553 g/mol. The fraction of sp³-hybridized carbons (Fsp3) is 0.261. The van der Waals surface area contributed by atoms with E-state index in [1.165, 1.54) is 24.3 Å². The molecule has 1 saturated carbocycles. The van der Waals surface area contributed by atoms with Crippen LogP contribution in [0, 0.1) is 5.92 Å². The number of rotatable bonds is 8. The maximum Gasteiger partial charge on any atom is 0.328 e. The molecule has 0 saturated heterocycles. The van der Waals surface area contributed by atoms with Gasteiger partial charge in [0.2, 0.25) is 0 Å². The van der Waals surface area contributed by atoms with Gasteiger partial charge < -0.3 is 20.3 Å². The molecule has 0 radical (unpaired) electrons. The SMILES string of the molecule is Cn1c(C(=O)Nc2ccc(S(=O)(=O)NC(=O)NC(CC(=O)O)C3CC3)cc2)cc2c(Cl)c(Cl)ccc21. The molecule has 1 fully saturated rings. The number of anilines is 1. The lowest BCUT2D eigenvalue weighted by atomic mass is 10.1. The highest BCUT2D eigenvalue weighted by molar-refractivity contribution is 7.90. The molecule has 10 nitrogen and oxygen atoms in total. The van der Waals surface area contributed by atoms with Gasteiger partial charge in [-0.15, -0.1) is 0 Å². The summed E-state index contributed by atoms with van der Waals surface area (Å²) in [6.07, 6.45) is 1.26. The smallest absolute Gasteiger partial charge is 0.328 e. The van der Waals surface area contributed by atoms with Crippen molar-refractivity contribution >= 4 is 67.7 Å². The molecule has 2 aromatic carbocycles. The average Bonchev–Trinajstić information content (AvgIpc) is 3.59. The van der Waals surface area contributed by atoms with E-state index in [2.05, 4.69) is 10.6 Å². The van der Waals surface area contributed by atoms with Crippen LogP contribution in [0.25, 0.3) is 10.9 Å². The van der Waals surface area contributed by atoms with Crippen LogP contribution in [-0.4, -0.2) is 42.0 Å². The lowest BCUT2D eigenvalue weighted by molar-refractivity contribution is -0.137. The molecule has 4 rings (SSSR count). The van der Waals surface area contributed by atoms with Crippen LogP contribution in [0.5, 0.6) is 0 Å². The molecule has 0 bridgehead atoms. The fourth-order valence-corrected chi connectivity index (χ4v) is 5.18. The Morgan fingerprint density at radius 1 is 1.11 bits per heavy atom. The first-order valence-corrected chi connectivity index (χ1v) is 13.1. The monoisotopic (exact) mass is 552 g/mol. The topological polar surface area (TPSA) is 147 Å². The van der Waals surface area contributed by atoms with Crippen molar-refractivity contribution < 1.29 is 27.9 Å². The molecule has 1 heterocycles. The van der Waals surface area contributed by atoms with E-state index in [0.29, 0.717) is 32.3 Å². The van der Waals surface area contributed by atoms with Gasteiger partial charge in [0, 0.05) is 29.7 Å². The molecular formula is C23H22Cl2N4O6S. The summed E-state index contributed by atoms with van der Waals surface area (Å²) in [6, 6.07) is 8.59. The van der Waals surface area contributed by atoms with Crippen molar-refractivity contribution in [1.29, 1.82) is 0 Å². The van der Waals surface area contributed by atoms with Gasteiger partial charge in [0.1, 0.15) is 5.69 Å². The summed E-state index contributed by atoms with van der Waals surface area (Å²) in [5, 5.41) is 15.4. The second-order valence-corrected chi connectivity index (χ2v) is 10.9. The lowest BCUT2D eigenvalue weighted by Gasteiger charge is -2.17. The van der Waals surface area contributed by atoms with Gasteiger partial charge in [-0.3, -0.25) is 9.59 Å². The van der Waals surface area contributed by atoms with E-state index in [-0.39, 0.29) is 17.2 Å². The summed E-state index contributed by atoms with van der Waals surface area (Å²) >= 11 is 12.3. The quantitative estimate of drug-likeness (QED) is 0.332. The van der Waals surface area contributed by atoms with Crippen LogP contribution >= 0.6 is 23.2 Å². The number of amides is 3. The molecular weight excluding hydrogens is 531 g/mol. The molecule has 1 aromatic heterocycles. The van der Waals surface area contributed by atoms with Crippen LogP contribution in [0.2, 0.25) is 10.0 Å². The Bertz CT molecular complexity index is 1470. The van der Waals surface area contributed by atoms with Crippen molar-refractivity contribution in [2.75, 3.05) is 5.32 Å². The number of nitrogens with one attached hydrogen (secondary N) is 3. The van der Waals surface area contributed by atoms with Gasteiger partial charge in [-0.2, -0.15) is 0 Å². The number of carbonyl (C=O) groups excluding carboxylic acids is 2. The van der Waals surface area contributed by atoms with E-state index in [1.807, 2.05) is 4.72 Å². The predicted octanol–water partition coefficient (Wildman–Crippen LogP) is 3.98. The highest BCUT2D eigenvalue weighted by atomic mass is 35.5. The number of urea groups is 1. The Labute approximate surface area is 216 Å². The van der Waals surface area contributed by atoms with Crippen LogP contribution in [0.15, 0.2) is 47.4 Å². The van der Waals surface area contributed by atoms with Crippen molar-refractivity contribution in [2.45, 2.75) is 30.2 Å². The number of carboxylic acids is 1. The first kappa shape index (κ1) is 25.8. The number of aromatic nitrogens is 1. The number of benzene rings is 2. The molecule has 4 N–H and O–H groups in total. The van der Waals surface area contributed by atoms with Gasteiger partial charge in [-0.1, -0.05) is 23.2 Å². The number of hydrogen-bond donors (Lipinski definition) is 4. The van der Waals surface area contributed by atoms with E-state index < -0.39 is 34.0 Å². The van der Waals surface area contributed by atoms with E-state index in [9.17, 15) is 22.8 Å². The minimum atomic E-state index is -4.22. The normalized spacial score (nSPS) is 14.3. The second kappa shape index (κ2) is 10.00. The highest BCUT2D eigenvalue weighted by Gasteiger charge is 2.34. The van der Waals surface area contributed by atoms with Crippen molar-refractivity contribution in [3.8, 4) is 0 Å². The first-order valence-electron chi connectivity index (χ1n) is 10.9. The van der Waals surface area contributed by atoms with Gasteiger partial charge in [0.05, 0.1) is 21.4 Å². The summed E-state index contributed by atoms with van der Waals surface area (Å²) in [6.45, 7) is 0. The summed E-state index contributed by atoms with van der Waals surface area (Å²) in [7, 11) is -2.52. The molecule has 36 heavy (non-hydrogen) atoms. The van der Waals surface area contributed by atoms with Crippen molar-refractivity contribution in [3.63, 3.8) is 0 Å². The molecule has 1 unspecified atom stereocenters. The Morgan fingerprint density at radius 2 is 1.78 bits per heavy atom. The van der Waals surface area contributed by atoms with Gasteiger partial charge in [0.25, 0.3) is 15.9 Å². The number of sulfonamides is 1. The van der Waals surface area contributed by atoms with Crippen LogP contribution in [-0.2, 0) is 21.9 Å². The molecule has 0 aliphatic heterocycles. The van der Waals surface area contributed by atoms with E-state index in [0.717, 1.165) is 12.8 Å². The maximum atomic E-state index is 12.8. The van der Waals surface area contributed by atoms with Crippen LogP contribution in [0.4, 0.5) is 10.5 Å². The minimum absolute atomic E-state index is 0.0206.